The second-order valence-electron chi connectivity index (χ2n) is 8.12. The van der Waals surface area contributed by atoms with Crippen LogP contribution in [0.4, 0.5) is 10.4 Å². The third kappa shape index (κ3) is 3.76. The van der Waals surface area contributed by atoms with Crippen LogP contribution in [-0.2, 0) is 11.3 Å². The maximum Gasteiger partial charge on any atom is 0.298 e. The van der Waals surface area contributed by atoms with E-state index in [-0.39, 0.29) is 30.2 Å². The third-order valence-electron chi connectivity index (χ3n) is 6.06. The van der Waals surface area contributed by atoms with Crippen molar-refractivity contribution in [2.45, 2.75) is 38.3 Å². The quantitative estimate of drug-likeness (QED) is 0.573. The van der Waals surface area contributed by atoms with E-state index in [2.05, 4.69) is 9.88 Å². The molecule has 2 aliphatic rings. The van der Waals surface area contributed by atoms with Gasteiger partial charge in [0.2, 0.25) is 5.91 Å². The molecule has 1 aliphatic carbocycles. The topological polar surface area (TPSA) is 49.6 Å². The number of para-hydroxylation sites is 2. The molecule has 0 unspecified atom stereocenters. The highest BCUT2D eigenvalue weighted by Crippen LogP contribution is 2.34. The summed E-state index contributed by atoms with van der Waals surface area (Å²) in [7, 11) is 0. The summed E-state index contributed by atoms with van der Waals surface area (Å²) in [6.45, 7) is 1.66. The molecule has 2 aromatic carbocycles. The van der Waals surface area contributed by atoms with Crippen molar-refractivity contribution in [1.82, 2.24) is 9.88 Å². The van der Waals surface area contributed by atoms with Gasteiger partial charge in [-0.05, 0) is 49.9 Å². The van der Waals surface area contributed by atoms with Crippen LogP contribution in [0.25, 0.3) is 11.1 Å². The van der Waals surface area contributed by atoms with Gasteiger partial charge in [0.05, 0.1) is 6.54 Å². The number of nitrogens with zero attached hydrogens (tertiary/aromatic N) is 3. The molecule has 30 heavy (non-hydrogen) atoms. The lowest BCUT2D eigenvalue weighted by atomic mass is 9.95. The molecule has 0 spiro atoms. The highest BCUT2D eigenvalue weighted by molar-refractivity contribution is 6.31. The fraction of sp³-hybridized carbons (Fsp3) is 0.391. The summed E-state index contributed by atoms with van der Waals surface area (Å²) in [5, 5.41) is 0.374. The van der Waals surface area contributed by atoms with Gasteiger partial charge in [-0.2, -0.15) is 4.98 Å². The largest absolute Gasteiger partial charge is 0.423 e. The Kier molecular flexibility index (Phi) is 5.11. The minimum Gasteiger partial charge on any atom is -0.423 e. The Morgan fingerprint density at radius 1 is 1.13 bits per heavy atom. The van der Waals surface area contributed by atoms with Gasteiger partial charge in [-0.3, -0.25) is 4.79 Å². The predicted molar refractivity (Wildman–Crippen MR) is 114 cm³/mol. The molecule has 1 aromatic heterocycles. The molecule has 0 N–H and O–H groups in total. The first-order valence-corrected chi connectivity index (χ1v) is 10.8. The minimum atomic E-state index is -0.355. The number of oxazole rings is 1. The van der Waals surface area contributed by atoms with Gasteiger partial charge in [0.1, 0.15) is 11.3 Å². The minimum absolute atomic E-state index is 0.0724. The lowest BCUT2D eigenvalue weighted by Crippen LogP contribution is -2.43. The Hall–Kier alpha value is -2.60. The summed E-state index contributed by atoms with van der Waals surface area (Å²) < 4.78 is 20.1. The summed E-state index contributed by atoms with van der Waals surface area (Å²) in [5.41, 5.74) is 2.02. The third-order valence-corrected chi connectivity index (χ3v) is 6.41. The average molecular weight is 428 g/mol. The number of fused-ring (bicyclic) bond motifs is 1. The Labute approximate surface area is 179 Å². The molecule has 156 valence electrons. The van der Waals surface area contributed by atoms with E-state index in [0.717, 1.165) is 36.8 Å². The van der Waals surface area contributed by atoms with Crippen molar-refractivity contribution in [3.05, 3.63) is 58.9 Å². The van der Waals surface area contributed by atoms with Gasteiger partial charge in [0.25, 0.3) is 6.01 Å². The molecule has 1 saturated carbocycles. The Morgan fingerprint density at radius 2 is 1.90 bits per heavy atom. The fourth-order valence-electron chi connectivity index (χ4n) is 4.17. The molecule has 5 rings (SSSR count). The SMILES string of the molecule is O=C(C1CCN(c2nc3ccccc3o2)CC1)N(Cc1c(F)cccc1Cl)C1CC1. The number of rotatable bonds is 5. The highest BCUT2D eigenvalue weighted by Gasteiger charge is 2.38. The predicted octanol–water partition coefficient (Wildman–Crippen LogP) is 5.03. The van der Waals surface area contributed by atoms with Gasteiger partial charge in [-0.25, -0.2) is 4.39 Å². The number of carbonyl (C=O) groups excluding carboxylic acids is 1. The second-order valence-corrected chi connectivity index (χ2v) is 8.53. The van der Waals surface area contributed by atoms with Crippen LogP contribution in [0.15, 0.2) is 46.9 Å². The molecule has 0 atom stereocenters. The number of piperidine rings is 1. The number of carbonyl (C=O) groups is 1. The molecule has 2 fully saturated rings. The normalized spacial score (nSPS) is 17.5. The van der Waals surface area contributed by atoms with Gasteiger partial charge in [0.15, 0.2) is 5.58 Å². The molecular formula is C23H23ClFN3O2. The highest BCUT2D eigenvalue weighted by atomic mass is 35.5. The van der Waals surface area contributed by atoms with Crippen molar-refractivity contribution in [2.24, 2.45) is 5.92 Å². The van der Waals surface area contributed by atoms with E-state index in [1.54, 1.807) is 12.1 Å². The van der Waals surface area contributed by atoms with Crippen molar-refractivity contribution >= 4 is 34.6 Å². The summed E-state index contributed by atoms with van der Waals surface area (Å²) in [6, 6.07) is 13.2. The summed E-state index contributed by atoms with van der Waals surface area (Å²) in [6.07, 6.45) is 3.40. The Bertz CT molecular complexity index is 1020. The van der Waals surface area contributed by atoms with E-state index in [1.807, 2.05) is 29.2 Å². The second kappa shape index (κ2) is 7.91. The number of anilines is 1. The van der Waals surface area contributed by atoms with E-state index in [1.165, 1.54) is 6.07 Å². The molecule has 0 bridgehead atoms. The fourth-order valence-corrected chi connectivity index (χ4v) is 4.40. The van der Waals surface area contributed by atoms with Crippen LogP contribution in [0.1, 0.15) is 31.2 Å². The van der Waals surface area contributed by atoms with E-state index in [4.69, 9.17) is 16.0 Å². The van der Waals surface area contributed by atoms with Crippen LogP contribution < -0.4 is 4.90 Å². The number of amides is 1. The van der Waals surface area contributed by atoms with E-state index < -0.39 is 0 Å². The summed E-state index contributed by atoms with van der Waals surface area (Å²) in [4.78, 5) is 21.8. The average Bonchev–Trinajstić information content (AvgIpc) is 3.50. The van der Waals surface area contributed by atoms with Crippen LogP contribution in [0.3, 0.4) is 0 Å². The van der Waals surface area contributed by atoms with Crippen molar-refractivity contribution in [3.63, 3.8) is 0 Å². The monoisotopic (exact) mass is 427 g/mol. The maximum atomic E-state index is 14.3. The van der Waals surface area contributed by atoms with Gasteiger partial charge >= 0.3 is 0 Å². The molecule has 1 aliphatic heterocycles. The summed E-state index contributed by atoms with van der Waals surface area (Å²) >= 11 is 6.21. The lowest BCUT2D eigenvalue weighted by molar-refractivity contribution is -0.137. The first kappa shape index (κ1) is 19.4. The zero-order valence-corrected chi connectivity index (χ0v) is 17.3. The summed E-state index contributed by atoms with van der Waals surface area (Å²) in [5.74, 6) is -0.322. The van der Waals surface area contributed by atoms with Crippen molar-refractivity contribution in [1.29, 1.82) is 0 Å². The van der Waals surface area contributed by atoms with Gasteiger partial charge < -0.3 is 14.2 Å². The lowest BCUT2D eigenvalue weighted by Gasteiger charge is -2.34. The van der Waals surface area contributed by atoms with Crippen LogP contribution in [-0.4, -0.2) is 34.9 Å². The van der Waals surface area contributed by atoms with E-state index in [9.17, 15) is 9.18 Å². The van der Waals surface area contributed by atoms with Gasteiger partial charge in [-0.15, -0.1) is 0 Å². The molecule has 3 aromatic rings. The van der Waals surface area contributed by atoms with Crippen molar-refractivity contribution in [2.75, 3.05) is 18.0 Å². The van der Waals surface area contributed by atoms with Crippen molar-refractivity contribution in [3.8, 4) is 0 Å². The number of halogens is 2. The van der Waals surface area contributed by atoms with Crippen LogP contribution >= 0.6 is 11.6 Å². The van der Waals surface area contributed by atoms with Crippen molar-refractivity contribution < 1.29 is 13.6 Å². The zero-order chi connectivity index (χ0) is 20.7. The van der Waals surface area contributed by atoms with E-state index >= 15 is 0 Å². The molecule has 5 nitrogen and oxygen atoms in total. The van der Waals surface area contributed by atoms with Gasteiger partial charge in [-0.1, -0.05) is 29.8 Å². The molecule has 2 heterocycles. The van der Waals surface area contributed by atoms with Crippen LogP contribution in [0, 0.1) is 11.7 Å². The first-order valence-electron chi connectivity index (χ1n) is 10.4. The molecule has 7 heteroatoms. The molecule has 1 amide bonds. The number of aromatic nitrogens is 1. The maximum absolute atomic E-state index is 14.3. The number of hydrogen-bond donors (Lipinski definition) is 0. The molecule has 1 saturated heterocycles. The number of hydrogen-bond acceptors (Lipinski definition) is 4. The first-order chi connectivity index (χ1) is 14.6. The van der Waals surface area contributed by atoms with E-state index in [0.29, 0.717) is 29.7 Å². The van der Waals surface area contributed by atoms with Crippen LogP contribution in [0.5, 0.6) is 0 Å². The van der Waals surface area contributed by atoms with Crippen LogP contribution in [0.2, 0.25) is 5.02 Å². The Balaban J connectivity index is 1.27. The smallest absolute Gasteiger partial charge is 0.298 e. The molecule has 0 radical (unpaired) electrons. The Morgan fingerprint density at radius 3 is 2.60 bits per heavy atom. The molecular weight excluding hydrogens is 405 g/mol. The zero-order valence-electron chi connectivity index (χ0n) is 16.6. The van der Waals surface area contributed by atoms with Gasteiger partial charge in [0, 0.05) is 35.6 Å². The standard InChI is InChI=1S/C23H23ClFN3O2/c24-18-4-3-5-19(25)17(18)14-28(16-8-9-16)22(29)15-10-12-27(13-11-15)23-26-20-6-1-2-7-21(20)30-23/h1-7,15-16H,8-14H2. The number of benzene rings is 2.